The normalized spacial score (nSPS) is 21.6. The fourth-order valence-electron chi connectivity index (χ4n) is 3.50. The SMILES string of the molecule is COc1cnn(CCN(C)C)c1C(O)C1C(C)(C)C1(C)C. The van der Waals surface area contributed by atoms with E-state index in [0.717, 1.165) is 18.8 Å². The van der Waals surface area contributed by atoms with Gasteiger partial charge in [0.05, 0.1) is 19.9 Å². The highest BCUT2D eigenvalue weighted by atomic mass is 16.5. The van der Waals surface area contributed by atoms with Crippen LogP contribution in [0.2, 0.25) is 0 Å². The van der Waals surface area contributed by atoms with E-state index >= 15 is 0 Å². The molecular weight excluding hydrogens is 266 g/mol. The molecule has 1 atom stereocenters. The zero-order valence-corrected chi connectivity index (χ0v) is 14.3. The van der Waals surface area contributed by atoms with E-state index in [9.17, 15) is 5.11 Å². The third kappa shape index (κ3) is 2.57. The van der Waals surface area contributed by atoms with E-state index in [1.165, 1.54) is 0 Å². The molecule has 1 N–H and O–H groups in total. The molecule has 0 aromatic carbocycles. The molecule has 5 nitrogen and oxygen atoms in total. The molecule has 0 bridgehead atoms. The number of nitrogens with zero attached hydrogens (tertiary/aromatic N) is 3. The van der Waals surface area contributed by atoms with E-state index in [1.54, 1.807) is 13.3 Å². The van der Waals surface area contributed by atoms with Crippen molar-refractivity contribution in [3.8, 4) is 5.75 Å². The molecule has 1 aromatic rings. The Morgan fingerprint density at radius 2 is 1.90 bits per heavy atom. The second-order valence-corrected chi connectivity index (χ2v) is 7.49. The van der Waals surface area contributed by atoms with E-state index in [0.29, 0.717) is 5.75 Å². The van der Waals surface area contributed by atoms with Crippen LogP contribution in [-0.2, 0) is 6.54 Å². The average molecular weight is 295 g/mol. The Balaban J connectivity index is 2.28. The van der Waals surface area contributed by atoms with Crippen LogP contribution in [0.25, 0.3) is 0 Å². The van der Waals surface area contributed by atoms with Gasteiger partial charge in [-0.05, 0) is 24.9 Å². The average Bonchev–Trinajstić information content (AvgIpc) is 2.72. The standard InChI is InChI=1S/C16H29N3O2/c1-15(2)14(16(15,3)4)13(20)12-11(21-7)10-17-19(12)9-8-18(5)6/h10,13-14,20H,8-9H2,1-7H3. The minimum absolute atomic E-state index is 0.119. The van der Waals surface area contributed by atoms with E-state index in [1.807, 2.05) is 18.8 Å². The fraction of sp³-hybridized carbons (Fsp3) is 0.812. The van der Waals surface area contributed by atoms with Gasteiger partial charge in [0.2, 0.25) is 0 Å². The first kappa shape index (κ1) is 16.3. The smallest absolute Gasteiger partial charge is 0.162 e. The van der Waals surface area contributed by atoms with Crippen LogP contribution in [0.1, 0.15) is 39.5 Å². The Bertz CT molecular complexity index is 492. The molecule has 5 heteroatoms. The van der Waals surface area contributed by atoms with Gasteiger partial charge in [0.1, 0.15) is 11.8 Å². The molecule has 1 heterocycles. The van der Waals surface area contributed by atoms with Gasteiger partial charge in [-0.25, -0.2) is 0 Å². The molecule has 1 saturated carbocycles. The molecule has 0 radical (unpaired) electrons. The van der Waals surface area contributed by atoms with Crippen molar-refractivity contribution in [2.45, 2.75) is 40.3 Å². The van der Waals surface area contributed by atoms with Crippen LogP contribution in [0.3, 0.4) is 0 Å². The number of aromatic nitrogens is 2. The largest absolute Gasteiger partial charge is 0.493 e. The van der Waals surface area contributed by atoms with Gasteiger partial charge in [-0.1, -0.05) is 27.7 Å². The molecule has 120 valence electrons. The first-order chi connectivity index (χ1) is 9.64. The van der Waals surface area contributed by atoms with Crippen LogP contribution < -0.4 is 4.74 Å². The lowest BCUT2D eigenvalue weighted by Crippen LogP contribution is -2.22. The van der Waals surface area contributed by atoms with Crippen LogP contribution in [-0.4, -0.2) is 47.5 Å². The summed E-state index contributed by atoms with van der Waals surface area (Å²) >= 11 is 0. The van der Waals surface area contributed by atoms with Crippen molar-refractivity contribution in [1.82, 2.24) is 14.7 Å². The highest BCUT2D eigenvalue weighted by Gasteiger charge is 2.68. The molecule has 0 amide bonds. The second-order valence-electron chi connectivity index (χ2n) is 7.49. The van der Waals surface area contributed by atoms with E-state index < -0.39 is 6.10 Å². The van der Waals surface area contributed by atoms with Crippen molar-refractivity contribution in [2.24, 2.45) is 16.7 Å². The Morgan fingerprint density at radius 1 is 1.33 bits per heavy atom. The summed E-state index contributed by atoms with van der Waals surface area (Å²) in [5.41, 5.74) is 1.05. The summed E-state index contributed by atoms with van der Waals surface area (Å²) in [4.78, 5) is 2.11. The van der Waals surface area contributed by atoms with Crippen LogP contribution in [0, 0.1) is 16.7 Å². The zero-order chi connectivity index (χ0) is 16.0. The number of methoxy groups -OCH3 is 1. The molecule has 21 heavy (non-hydrogen) atoms. The third-order valence-electron chi connectivity index (χ3n) is 5.55. The minimum Gasteiger partial charge on any atom is -0.493 e. The van der Waals surface area contributed by atoms with Crippen molar-refractivity contribution in [3.05, 3.63) is 11.9 Å². The van der Waals surface area contributed by atoms with Crippen molar-refractivity contribution in [1.29, 1.82) is 0 Å². The van der Waals surface area contributed by atoms with E-state index in [-0.39, 0.29) is 16.7 Å². The summed E-state index contributed by atoms with van der Waals surface area (Å²) in [6.45, 7) is 10.5. The summed E-state index contributed by atoms with van der Waals surface area (Å²) in [6.07, 6.45) is 1.16. The van der Waals surface area contributed by atoms with Crippen LogP contribution in [0.15, 0.2) is 6.20 Å². The lowest BCUT2D eigenvalue weighted by atomic mass is 10.0. The monoisotopic (exact) mass is 295 g/mol. The van der Waals surface area contributed by atoms with Crippen molar-refractivity contribution in [3.63, 3.8) is 0 Å². The predicted molar refractivity (Wildman–Crippen MR) is 83.3 cm³/mol. The molecule has 1 aliphatic carbocycles. The molecule has 1 aromatic heterocycles. The molecule has 2 rings (SSSR count). The van der Waals surface area contributed by atoms with Gasteiger partial charge in [-0.15, -0.1) is 0 Å². The topological polar surface area (TPSA) is 50.5 Å². The highest BCUT2D eigenvalue weighted by Crippen LogP contribution is 2.72. The maximum atomic E-state index is 10.9. The summed E-state index contributed by atoms with van der Waals surface area (Å²) in [5.74, 6) is 0.897. The third-order valence-corrected chi connectivity index (χ3v) is 5.55. The number of rotatable bonds is 6. The molecule has 1 unspecified atom stereocenters. The van der Waals surface area contributed by atoms with E-state index in [2.05, 4.69) is 37.7 Å². The van der Waals surface area contributed by atoms with Gasteiger partial charge in [0.25, 0.3) is 0 Å². The number of ether oxygens (including phenoxy) is 1. The molecule has 1 aliphatic rings. The number of aliphatic hydroxyl groups is 1. The van der Waals surface area contributed by atoms with Gasteiger partial charge < -0.3 is 14.7 Å². The predicted octanol–water partition coefficient (Wildman–Crippen LogP) is 2.17. The quantitative estimate of drug-likeness (QED) is 0.874. The Kier molecular flexibility index (Phi) is 4.10. The van der Waals surface area contributed by atoms with E-state index in [4.69, 9.17) is 4.74 Å². The first-order valence-electron chi connectivity index (χ1n) is 7.57. The van der Waals surface area contributed by atoms with Crippen molar-refractivity contribution < 1.29 is 9.84 Å². The lowest BCUT2D eigenvalue weighted by Gasteiger charge is -2.18. The van der Waals surface area contributed by atoms with Gasteiger partial charge in [0.15, 0.2) is 5.75 Å². The Labute approximate surface area is 127 Å². The molecule has 0 saturated heterocycles. The first-order valence-corrected chi connectivity index (χ1v) is 7.57. The number of likely N-dealkylation sites (N-methyl/N-ethyl adjacent to an activating group) is 1. The summed E-state index contributed by atoms with van der Waals surface area (Å²) in [6, 6.07) is 0. The van der Waals surface area contributed by atoms with Crippen LogP contribution in [0.5, 0.6) is 5.75 Å². The molecular formula is C16H29N3O2. The van der Waals surface area contributed by atoms with Crippen LogP contribution in [0.4, 0.5) is 0 Å². The number of hydrogen-bond acceptors (Lipinski definition) is 4. The molecule has 0 spiro atoms. The number of aliphatic hydroxyl groups excluding tert-OH is 1. The van der Waals surface area contributed by atoms with Gasteiger partial charge in [-0.2, -0.15) is 5.10 Å². The molecule has 1 fully saturated rings. The Morgan fingerprint density at radius 3 is 2.33 bits per heavy atom. The summed E-state index contributed by atoms with van der Waals surface area (Å²) < 4.78 is 7.29. The maximum absolute atomic E-state index is 10.9. The van der Waals surface area contributed by atoms with Crippen LogP contribution >= 0.6 is 0 Å². The zero-order valence-electron chi connectivity index (χ0n) is 14.3. The lowest BCUT2D eigenvalue weighted by molar-refractivity contribution is 0.116. The van der Waals surface area contributed by atoms with Gasteiger partial charge in [-0.3, -0.25) is 4.68 Å². The maximum Gasteiger partial charge on any atom is 0.162 e. The second kappa shape index (κ2) is 5.29. The Hall–Kier alpha value is -1.07. The summed E-state index contributed by atoms with van der Waals surface area (Å²) in [5, 5.41) is 15.3. The molecule has 0 aliphatic heterocycles. The highest BCUT2D eigenvalue weighted by molar-refractivity contribution is 5.31. The summed E-state index contributed by atoms with van der Waals surface area (Å²) in [7, 11) is 5.70. The number of hydrogen-bond donors (Lipinski definition) is 1. The fourth-order valence-corrected chi connectivity index (χ4v) is 3.50. The van der Waals surface area contributed by atoms with Crippen molar-refractivity contribution in [2.75, 3.05) is 27.7 Å². The van der Waals surface area contributed by atoms with Crippen molar-refractivity contribution >= 4 is 0 Å². The van der Waals surface area contributed by atoms with Gasteiger partial charge in [0, 0.05) is 12.5 Å². The van der Waals surface area contributed by atoms with Gasteiger partial charge >= 0.3 is 0 Å². The minimum atomic E-state index is -0.547.